The molecule has 4 nitrogen and oxygen atoms in total. The Hall–Kier alpha value is -0.970. The van der Waals surface area contributed by atoms with Crippen molar-refractivity contribution in [2.45, 2.75) is 76.8 Å². The molecule has 1 heterocycles. The van der Waals surface area contributed by atoms with E-state index in [9.17, 15) is 4.79 Å². The van der Waals surface area contributed by atoms with Crippen LogP contribution in [0, 0.1) is 5.92 Å². The summed E-state index contributed by atoms with van der Waals surface area (Å²) in [5.41, 5.74) is 8.95. The van der Waals surface area contributed by atoms with Crippen molar-refractivity contribution in [1.29, 1.82) is 0 Å². The van der Waals surface area contributed by atoms with Crippen LogP contribution in [0.3, 0.4) is 0 Å². The number of nitrogens with zero attached hydrogens (tertiary/aromatic N) is 1. The van der Waals surface area contributed by atoms with Gasteiger partial charge in [-0.05, 0) is 54.7 Å². The van der Waals surface area contributed by atoms with Gasteiger partial charge in [0.05, 0.1) is 0 Å². The third-order valence-electron chi connectivity index (χ3n) is 6.12. The lowest BCUT2D eigenvalue weighted by molar-refractivity contribution is -0.122. The van der Waals surface area contributed by atoms with Gasteiger partial charge in [-0.2, -0.15) is 0 Å². The fraction of sp³-hybridized carbons (Fsp3) is 0.682. The number of piperidine rings is 1. The average Bonchev–Trinajstić information content (AvgIpc) is 2.99. The van der Waals surface area contributed by atoms with Crippen LogP contribution < -0.4 is 16.0 Å². The topological polar surface area (TPSA) is 58.4 Å². The van der Waals surface area contributed by atoms with Crippen molar-refractivity contribution in [2.24, 2.45) is 11.7 Å². The summed E-state index contributed by atoms with van der Waals surface area (Å²) >= 11 is 0. The average molecular weight is 430 g/mol. The molecule has 6 heteroatoms. The van der Waals surface area contributed by atoms with Gasteiger partial charge < -0.3 is 16.0 Å². The maximum Gasteiger partial charge on any atom is 0.220 e. The SMILES string of the molecule is CC(C)(C)c1ccc(N2CCC(NC(=O)C[C@@H]3CCC[C@H]3N)CC2)cc1.Cl.Cl. The van der Waals surface area contributed by atoms with Gasteiger partial charge in [0.25, 0.3) is 0 Å². The second-order valence-corrected chi connectivity index (χ2v) is 9.18. The minimum atomic E-state index is 0. The van der Waals surface area contributed by atoms with Crippen LogP contribution in [0.5, 0.6) is 0 Å². The summed E-state index contributed by atoms with van der Waals surface area (Å²) < 4.78 is 0. The molecule has 1 aromatic rings. The molecule has 1 saturated carbocycles. The van der Waals surface area contributed by atoms with Crippen LogP contribution in [0.25, 0.3) is 0 Å². The molecule has 2 aliphatic rings. The standard InChI is InChI=1S/C22H35N3O.2ClH/c1-22(2,3)17-7-9-19(10-8-17)25-13-11-18(12-14-25)24-21(26)15-16-5-4-6-20(16)23;;/h7-10,16,18,20H,4-6,11-15,23H2,1-3H3,(H,24,26);2*1H/t16-,20+;;/m0../s1. The zero-order chi connectivity index (χ0) is 18.7. The first-order chi connectivity index (χ1) is 12.3. The monoisotopic (exact) mass is 429 g/mol. The molecule has 3 rings (SSSR count). The van der Waals surface area contributed by atoms with Gasteiger partial charge in [-0.25, -0.2) is 0 Å². The summed E-state index contributed by atoms with van der Waals surface area (Å²) in [5, 5.41) is 3.25. The number of rotatable bonds is 4. The van der Waals surface area contributed by atoms with Crippen LogP contribution >= 0.6 is 24.8 Å². The van der Waals surface area contributed by atoms with Crippen LogP contribution in [-0.4, -0.2) is 31.1 Å². The number of anilines is 1. The van der Waals surface area contributed by atoms with E-state index in [-0.39, 0.29) is 42.2 Å². The Kier molecular flexibility index (Phi) is 9.58. The minimum absolute atomic E-state index is 0. The number of nitrogens with two attached hydrogens (primary N) is 1. The maximum absolute atomic E-state index is 12.3. The van der Waals surface area contributed by atoms with Gasteiger partial charge in [0.15, 0.2) is 0 Å². The van der Waals surface area contributed by atoms with E-state index in [4.69, 9.17) is 5.73 Å². The normalized spacial score (nSPS) is 22.9. The first kappa shape index (κ1) is 25.1. The van der Waals surface area contributed by atoms with E-state index in [1.165, 1.54) is 17.7 Å². The van der Waals surface area contributed by atoms with E-state index >= 15 is 0 Å². The minimum Gasteiger partial charge on any atom is -0.371 e. The summed E-state index contributed by atoms with van der Waals surface area (Å²) in [7, 11) is 0. The van der Waals surface area contributed by atoms with Gasteiger partial charge in [-0.3, -0.25) is 4.79 Å². The number of halogens is 2. The number of amides is 1. The first-order valence-corrected chi connectivity index (χ1v) is 10.2. The number of nitrogens with one attached hydrogen (secondary N) is 1. The molecule has 0 radical (unpaired) electrons. The number of hydrogen-bond donors (Lipinski definition) is 2. The van der Waals surface area contributed by atoms with E-state index in [1.807, 2.05) is 0 Å². The lowest BCUT2D eigenvalue weighted by Gasteiger charge is -2.34. The van der Waals surface area contributed by atoms with Crippen molar-refractivity contribution < 1.29 is 4.79 Å². The largest absolute Gasteiger partial charge is 0.371 e. The van der Waals surface area contributed by atoms with E-state index in [1.54, 1.807) is 0 Å². The fourth-order valence-corrected chi connectivity index (χ4v) is 4.30. The highest BCUT2D eigenvalue weighted by Crippen LogP contribution is 2.28. The molecule has 1 amide bonds. The van der Waals surface area contributed by atoms with Crippen LogP contribution in [-0.2, 0) is 10.2 Å². The molecule has 28 heavy (non-hydrogen) atoms. The van der Waals surface area contributed by atoms with Crippen molar-refractivity contribution in [3.63, 3.8) is 0 Å². The van der Waals surface area contributed by atoms with E-state index in [0.717, 1.165) is 38.8 Å². The zero-order valence-electron chi connectivity index (χ0n) is 17.4. The Labute approximate surface area is 182 Å². The Morgan fingerprint density at radius 3 is 2.18 bits per heavy atom. The quantitative estimate of drug-likeness (QED) is 0.743. The van der Waals surface area contributed by atoms with Crippen LogP contribution in [0.4, 0.5) is 5.69 Å². The number of carbonyl (C=O) groups is 1. The van der Waals surface area contributed by atoms with Gasteiger partial charge in [0.2, 0.25) is 5.91 Å². The van der Waals surface area contributed by atoms with Gasteiger partial charge >= 0.3 is 0 Å². The first-order valence-electron chi connectivity index (χ1n) is 10.2. The molecule has 2 fully saturated rings. The zero-order valence-corrected chi connectivity index (χ0v) is 19.1. The summed E-state index contributed by atoms with van der Waals surface area (Å²) in [6.07, 6.45) is 6.00. The van der Waals surface area contributed by atoms with Crippen LogP contribution in [0.2, 0.25) is 0 Å². The predicted octanol–water partition coefficient (Wildman–Crippen LogP) is 4.43. The highest BCUT2D eigenvalue weighted by molar-refractivity contribution is 5.85. The molecule has 3 N–H and O–H groups in total. The summed E-state index contributed by atoms with van der Waals surface area (Å²) in [6, 6.07) is 9.49. The molecule has 1 aromatic carbocycles. The molecule has 1 aliphatic heterocycles. The molecule has 0 spiro atoms. The Morgan fingerprint density at radius 1 is 1.07 bits per heavy atom. The third-order valence-corrected chi connectivity index (χ3v) is 6.12. The highest BCUT2D eigenvalue weighted by atomic mass is 35.5. The summed E-state index contributed by atoms with van der Waals surface area (Å²) in [6.45, 7) is 8.74. The van der Waals surface area contributed by atoms with Gasteiger partial charge in [-0.15, -0.1) is 24.8 Å². The summed E-state index contributed by atoms with van der Waals surface area (Å²) in [5.74, 6) is 0.580. The van der Waals surface area contributed by atoms with Gasteiger partial charge in [0.1, 0.15) is 0 Å². The Bertz CT molecular complexity index is 607. The third kappa shape index (κ3) is 6.53. The Morgan fingerprint density at radius 2 is 1.68 bits per heavy atom. The fourth-order valence-electron chi connectivity index (χ4n) is 4.30. The smallest absolute Gasteiger partial charge is 0.220 e. The van der Waals surface area contributed by atoms with Gasteiger partial charge in [0, 0.05) is 37.3 Å². The predicted molar refractivity (Wildman–Crippen MR) is 123 cm³/mol. The number of carbonyl (C=O) groups excluding carboxylic acids is 1. The lowest BCUT2D eigenvalue weighted by Crippen LogP contribution is -2.45. The number of hydrogen-bond acceptors (Lipinski definition) is 3. The Balaban J connectivity index is 0.00000196. The molecule has 2 atom stereocenters. The maximum atomic E-state index is 12.3. The van der Waals surface area contributed by atoms with E-state index in [2.05, 4.69) is 55.3 Å². The second kappa shape index (κ2) is 10.7. The summed E-state index contributed by atoms with van der Waals surface area (Å²) in [4.78, 5) is 14.7. The molecule has 0 aromatic heterocycles. The second-order valence-electron chi connectivity index (χ2n) is 9.18. The van der Waals surface area contributed by atoms with Crippen LogP contribution in [0.1, 0.15) is 64.9 Å². The molecule has 1 aliphatic carbocycles. The molecular formula is C22H37Cl2N3O. The van der Waals surface area contributed by atoms with Gasteiger partial charge in [-0.1, -0.05) is 39.3 Å². The van der Waals surface area contributed by atoms with Crippen molar-refractivity contribution in [3.05, 3.63) is 29.8 Å². The lowest BCUT2D eigenvalue weighted by atomic mass is 9.87. The van der Waals surface area contributed by atoms with E-state index < -0.39 is 0 Å². The number of benzene rings is 1. The van der Waals surface area contributed by atoms with Crippen molar-refractivity contribution >= 4 is 36.4 Å². The van der Waals surface area contributed by atoms with Crippen molar-refractivity contribution in [2.75, 3.05) is 18.0 Å². The van der Waals surface area contributed by atoms with E-state index in [0.29, 0.717) is 18.4 Å². The highest BCUT2D eigenvalue weighted by Gasteiger charge is 2.27. The van der Waals surface area contributed by atoms with Crippen molar-refractivity contribution in [3.8, 4) is 0 Å². The van der Waals surface area contributed by atoms with Crippen molar-refractivity contribution in [1.82, 2.24) is 5.32 Å². The molecule has 1 saturated heterocycles. The molecule has 0 bridgehead atoms. The molecular weight excluding hydrogens is 393 g/mol. The molecule has 160 valence electrons. The van der Waals surface area contributed by atoms with Crippen LogP contribution in [0.15, 0.2) is 24.3 Å². The molecule has 0 unspecified atom stereocenters.